The first-order valence-electron chi connectivity index (χ1n) is 11.1. The molecule has 0 aliphatic heterocycles. The predicted octanol–water partition coefficient (Wildman–Crippen LogP) is 6.24. The Morgan fingerprint density at radius 2 is 1.28 bits per heavy atom. The number of alkyl halides is 2. The lowest BCUT2D eigenvalue weighted by Gasteiger charge is -2.42. The topological polar surface area (TPSA) is 20.2 Å². The van der Waals surface area contributed by atoms with Gasteiger partial charge in [-0.2, -0.15) is 0 Å². The monoisotopic (exact) mass is 356 g/mol. The van der Waals surface area contributed by atoms with Gasteiger partial charge >= 0.3 is 0 Å². The first kappa shape index (κ1) is 19.6. The smallest absolute Gasteiger partial charge is 0.157 e. The maximum atomic E-state index is 14.3. The van der Waals surface area contributed by atoms with Crippen molar-refractivity contribution in [2.75, 3.05) is 0 Å². The average molecular weight is 357 g/mol. The third kappa shape index (κ3) is 4.76. The molecule has 0 aromatic carbocycles. The van der Waals surface area contributed by atoms with Crippen LogP contribution in [0.5, 0.6) is 0 Å². The minimum absolute atomic E-state index is 0.149. The molecule has 0 aromatic rings. The summed E-state index contributed by atoms with van der Waals surface area (Å²) in [6.07, 6.45) is 11.3. The van der Waals surface area contributed by atoms with Crippen LogP contribution in [0.4, 0.5) is 8.78 Å². The number of unbranched alkanes of at least 4 members (excludes halogenated alkanes) is 1. The zero-order valence-electron chi connectivity index (χ0n) is 16.0. The second-order valence-corrected chi connectivity index (χ2v) is 9.30. The molecule has 0 spiro atoms. The van der Waals surface area contributed by atoms with Gasteiger partial charge in [-0.05, 0) is 81.0 Å². The number of hydrogen-bond acceptors (Lipinski definition) is 1. The van der Waals surface area contributed by atoms with Gasteiger partial charge < -0.3 is 5.11 Å². The summed E-state index contributed by atoms with van der Waals surface area (Å²) in [5, 5.41) is 9.54. The normalized spacial score (nSPS) is 46.1. The van der Waals surface area contributed by atoms with Crippen LogP contribution in [0.15, 0.2) is 0 Å². The Morgan fingerprint density at radius 3 is 1.88 bits per heavy atom. The summed E-state index contributed by atoms with van der Waals surface area (Å²) < 4.78 is 28.2. The van der Waals surface area contributed by atoms with E-state index in [1.54, 1.807) is 0 Å². The maximum Gasteiger partial charge on any atom is 0.157 e. The van der Waals surface area contributed by atoms with E-state index in [1.807, 2.05) is 0 Å². The molecule has 1 N–H and O–H groups in total. The number of halogens is 2. The average Bonchev–Trinajstić information content (AvgIpc) is 2.65. The molecule has 25 heavy (non-hydrogen) atoms. The lowest BCUT2D eigenvalue weighted by atomic mass is 9.65. The molecule has 4 unspecified atom stereocenters. The molecule has 0 aromatic heterocycles. The number of aliphatic hydroxyl groups is 1. The Bertz CT molecular complexity index is 385. The Kier molecular flexibility index (Phi) is 7.17. The van der Waals surface area contributed by atoms with E-state index in [1.165, 1.54) is 57.8 Å². The van der Waals surface area contributed by atoms with Crippen molar-refractivity contribution in [3.63, 3.8) is 0 Å². The lowest BCUT2D eigenvalue weighted by molar-refractivity contribution is -0.0561. The highest BCUT2D eigenvalue weighted by molar-refractivity contribution is 4.93. The molecule has 3 heteroatoms. The molecule has 0 bridgehead atoms. The fraction of sp³-hybridized carbons (Fsp3) is 1.00. The van der Waals surface area contributed by atoms with E-state index in [0.29, 0.717) is 18.8 Å². The zero-order valence-corrected chi connectivity index (χ0v) is 16.0. The molecule has 3 fully saturated rings. The molecule has 3 saturated carbocycles. The van der Waals surface area contributed by atoms with E-state index in [2.05, 4.69) is 6.92 Å². The quantitative estimate of drug-likeness (QED) is 0.618. The summed E-state index contributed by atoms with van der Waals surface area (Å²) >= 11 is 0. The highest BCUT2D eigenvalue weighted by Crippen LogP contribution is 2.46. The van der Waals surface area contributed by atoms with Gasteiger partial charge in [0.25, 0.3) is 0 Å². The van der Waals surface area contributed by atoms with Crippen LogP contribution in [0.3, 0.4) is 0 Å². The van der Waals surface area contributed by atoms with Crippen LogP contribution in [0, 0.1) is 29.6 Å². The van der Waals surface area contributed by atoms with Crippen LogP contribution < -0.4 is 0 Å². The van der Waals surface area contributed by atoms with E-state index >= 15 is 0 Å². The second-order valence-electron chi connectivity index (χ2n) is 9.30. The summed E-state index contributed by atoms with van der Waals surface area (Å²) in [4.78, 5) is 0. The van der Waals surface area contributed by atoms with Crippen LogP contribution in [0.1, 0.15) is 90.4 Å². The van der Waals surface area contributed by atoms with Crippen LogP contribution >= 0.6 is 0 Å². The summed E-state index contributed by atoms with van der Waals surface area (Å²) in [6.45, 7) is 2.28. The molecule has 0 heterocycles. The third-order valence-electron chi connectivity index (χ3n) is 7.82. The molecule has 0 radical (unpaired) electrons. The number of rotatable bonds is 5. The molecule has 3 aliphatic rings. The third-order valence-corrected chi connectivity index (χ3v) is 7.82. The fourth-order valence-electron chi connectivity index (χ4n) is 6.11. The van der Waals surface area contributed by atoms with Gasteiger partial charge in [-0.15, -0.1) is 0 Å². The Hall–Kier alpha value is -0.180. The molecule has 0 amide bonds. The van der Waals surface area contributed by atoms with Gasteiger partial charge in [-0.1, -0.05) is 39.0 Å². The Morgan fingerprint density at radius 1 is 0.720 bits per heavy atom. The van der Waals surface area contributed by atoms with Gasteiger partial charge in [-0.3, -0.25) is 0 Å². The van der Waals surface area contributed by atoms with Crippen LogP contribution in [-0.2, 0) is 0 Å². The van der Waals surface area contributed by atoms with Crippen molar-refractivity contribution < 1.29 is 13.9 Å². The minimum Gasteiger partial charge on any atom is -0.390 e. The first-order valence-corrected chi connectivity index (χ1v) is 11.1. The van der Waals surface area contributed by atoms with Crippen molar-refractivity contribution in [2.45, 2.75) is 109 Å². The van der Waals surface area contributed by atoms with Gasteiger partial charge in [0.2, 0.25) is 0 Å². The van der Waals surface area contributed by atoms with E-state index < -0.39 is 18.4 Å². The van der Waals surface area contributed by atoms with Crippen molar-refractivity contribution in [3.05, 3.63) is 0 Å². The standard InChI is InChI=1S/C22H38F2O/c1-2-3-4-15-5-7-16(8-6-15)17-9-11-18(12-10-17)19-13-14-20(25)22(24)21(19)23/h15-22,25H,2-14H2,1H3. The second kappa shape index (κ2) is 9.15. The fourth-order valence-corrected chi connectivity index (χ4v) is 6.11. The van der Waals surface area contributed by atoms with Crippen LogP contribution in [-0.4, -0.2) is 23.6 Å². The van der Waals surface area contributed by atoms with Gasteiger partial charge in [0.15, 0.2) is 6.17 Å². The first-order chi connectivity index (χ1) is 12.1. The van der Waals surface area contributed by atoms with Crippen LogP contribution in [0.25, 0.3) is 0 Å². The van der Waals surface area contributed by atoms with Gasteiger partial charge in [0, 0.05) is 0 Å². The minimum atomic E-state index is -1.66. The predicted molar refractivity (Wildman–Crippen MR) is 98.9 cm³/mol. The molecule has 3 aliphatic carbocycles. The molecule has 4 atom stereocenters. The molecular weight excluding hydrogens is 318 g/mol. The van der Waals surface area contributed by atoms with Crippen molar-refractivity contribution in [1.29, 1.82) is 0 Å². The van der Waals surface area contributed by atoms with Crippen molar-refractivity contribution >= 4 is 0 Å². The Balaban J connectivity index is 1.42. The molecule has 146 valence electrons. The van der Waals surface area contributed by atoms with Crippen molar-refractivity contribution in [2.24, 2.45) is 29.6 Å². The van der Waals surface area contributed by atoms with Crippen molar-refractivity contribution in [3.8, 4) is 0 Å². The number of aliphatic hydroxyl groups excluding tert-OH is 1. The van der Waals surface area contributed by atoms with E-state index in [0.717, 1.165) is 30.6 Å². The molecule has 3 rings (SSSR count). The van der Waals surface area contributed by atoms with E-state index in [9.17, 15) is 13.9 Å². The van der Waals surface area contributed by atoms with Gasteiger partial charge in [0.05, 0.1) is 6.10 Å². The van der Waals surface area contributed by atoms with E-state index in [-0.39, 0.29) is 5.92 Å². The summed E-state index contributed by atoms with van der Waals surface area (Å²) in [5.41, 5.74) is 0. The van der Waals surface area contributed by atoms with Gasteiger partial charge in [0.1, 0.15) is 6.17 Å². The largest absolute Gasteiger partial charge is 0.390 e. The molecule has 0 saturated heterocycles. The molecular formula is C22H38F2O. The summed E-state index contributed by atoms with van der Waals surface area (Å²) in [7, 11) is 0. The van der Waals surface area contributed by atoms with E-state index in [4.69, 9.17) is 0 Å². The van der Waals surface area contributed by atoms with Crippen molar-refractivity contribution in [1.82, 2.24) is 0 Å². The van der Waals surface area contributed by atoms with Gasteiger partial charge in [-0.25, -0.2) is 8.78 Å². The summed E-state index contributed by atoms with van der Waals surface area (Å²) in [6, 6.07) is 0. The summed E-state index contributed by atoms with van der Waals surface area (Å²) in [5.74, 6) is 2.89. The molecule has 1 nitrogen and oxygen atoms in total. The maximum absolute atomic E-state index is 14.3. The Labute approximate surface area is 153 Å². The highest BCUT2D eigenvalue weighted by atomic mass is 19.2. The SMILES string of the molecule is CCCCC1CCC(C2CCC(C3CCC(O)C(F)C3F)CC2)CC1. The zero-order chi connectivity index (χ0) is 17.8. The lowest BCUT2D eigenvalue weighted by Crippen LogP contribution is -2.44. The number of hydrogen-bond donors (Lipinski definition) is 1. The highest BCUT2D eigenvalue weighted by Gasteiger charge is 2.44. The van der Waals surface area contributed by atoms with Crippen LogP contribution in [0.2, 0.25) is 0 Å².